The van der Waals surface area contributed by atoms with Gasteiger partial charge in [0.05, 0.1) is 43.2 Å². The fourth-order valence-electron chi connectivity index (χ4n) is 5.06. The number of nitrogens with zero attached hydrogens (tertiary/aromatic N) is 3. The summed E-state index contributed by atoms with van der Waals surface area (Å²) in [7, 11) is 1.55. The SMILES string of the molecule is COc1cccc([C@@H](C)NC(=O)[C@@H](CO)N2Cc3c(F)cc(-c4nc(NC5CCOCC5)ncc4Cl)cc3C2=O)c1. The van der Waals surface area contributed by atoms with Gasteiger partial charge in [0.25, 0.3) is 5.91 Å². The van der Waals surface area contributed by atoms with Crippen LogP contribution in [0.5, 0.6) is 5.75 Å². The number of methoxy groups -OCH3 is 1. The maximum Gasteiger partial charge on any atom is 0.255 e. The highest BCUT2D eigenvalue weighted by molar-refractivity contribution is 6.33. The first kappa shape index (κ1) is 28.7. The average molecular weight is 584 g/mol. The number of fused-ring (bicyclic) bond motifs is 1. The molecular weight excluding hydrogens is 553 g/mol. The number of amides is 2. The molecule has 2 aliphatic heterocycles. The molecule has 1 aromatic heterocycles. The molecule has 12 heteroatoms. The summed E-state index contributed by atoms with van der Waals surface area (Å²) in [6.45, 7) is 2.26. The molecule has 2 atom stereocenters. The van der Waals surface area contributed by atoms with E-state index < -0.39 is 36.3 Å². The molecule has 41 heavy (non-hydrogen) atoms. The van der Waals surface area contributed by atoms with E-state index in [4.69, 9.17) is 21.1 Å². The number of carbonyl (C=O) groups excluding carboxylic acids is 2. The normalized spacial score (nSPS) is 16.7. The average Bonchev–Trinajstić information content (AvgIpc) is 3.31. The third kappa shape index (κ3) is 6.12. The quantitative estimate of drug-likeness (QED) is 0.348. The molecule has 3 aromatic rings. The van der Waals surface area contributed by atoms with Crippen LogP contribution in [0.25, 0.3) is 11.3 Å². The molecular formula is C29H31ClFN5O5. The Labute approximate surface area is 241 Å². The van der Waals surface area contributed by atoms with Crippen molar-refractivity contribution >= 4 is 29.4 Å². The van der Waals surface area contributed by atoms with E-state index in [0.29, 0.717) is 30.5 Å². The van der Waals surface area contributed by atoms with Crippen molar-refractivity contribution < 1.29 is 28.6 Å². The van der Waals surface area contributed by atoms with E-state index >= 15 is 4.39 Å². The Hall–Kier alpha value is -3.80. The van der Waals surface area contributed by atoms with Gasteiger partial charge in [-0.1, -0.05) is 23.7 Å². The number of aliphatic hydroxyl groups is 1. The number of benzene rings is 2. The van der Waals surface area contributed by atoms with Crippen molar-refractivity contribution in [3.05, 3.63) is 70.1 Å². The van der Waals surface area contributed by atoms with Crippen LogP contribution in [0.2, 0.25) is 5.02 Å². The minimum absolute atomic E-state index is 0.0840. The molecule has 2 aliphatic rings. The van der Waals surface area contributed by atoms with Gasteiger partial charge in [0.15, 0.2) is 0 Å². The Kier molecular flexibility index (Phi) is 8.67. The first-order valence-corrected chi connectivity index (χ1v) is 13.7. The van der Waals surface area contributed by atoms with Gasteiger partial charge in [-0.25, -0.2) is 14.4 Å². The van der Waals surface area contributed by atoms with E-state index in [2.05, 4.69) is 20.6 Å². The van der Waals surface area contributed by atoms with E-state index in [-0.39, 0.29) is 34.4 Å². The second-order valence-electron chi connectivity index (χ2n) is 10.0. The van der Waals surface area contributed by atoms with Gasteiger partial charge in [-0.15, -0.1) is 0 Å². The van der Waals surface area contributed by atoms with Crippen LogP contribution in [0.4, 0.5) is 10.3 Å². The van der Waals surface area contributed by atoms with E-state index in [1.165, 1.54) is 23.2 Å². The first-order valence-electron chi connectivity index (χ1n) is 13.3. The molecule has 0 bridgehead atoms. The summed E-state index contributed by atoms with van der Waals surface area (Å²) in [4.78, 5) is 36.5. The molecule has 3 heterocycles. The van der Waals surface area contributed by atoms with Gasteiger partial charge in [-0.05, 0) is 49.6 Å². The Morgan fingerprint density at radius 3 is 2.80 bits per heavy atom. The maximum atomic E-state index is 15.4. The summed E-state index contributed by atoms with van der Waals surface area (Å²) in [5.41, 5.74) is 1.58. The number of aliphatic hydroxyl groups excluding tert-OH is 1. The van der Waals surface area contributed by atoms with Crippen LogP contribution in [-0.4, -0.2) is 70.8 Å². The van der Waals surface area contributed by atoms with Crippen molar-refractivity contribution in [2.45, 2.75) is 44.4 Å². The summed E-state index contributed by atoms with van der Waals surface area (Å²) in [6, 6.07) is 8.47. The molecule has 0 saturated carbocycles. The zero-order chi connectivity index (χ0) is 29.1. The van der Waals surface area contributed by atoms with Gasteiger partial charge in [-0.2, -0.15) is 0 Å². The summed E-state index contributed by atoms with van der Waals surface area (Å²) < 4.78 is 26.0. The molecule has 10 nitrogen and oxygen atoms in total. The van der Waals surface area contributed by atoms with Crippen molar-refractivity contribution in [1.29, 1.82) is 0 Å². The molecule has 2 amide bonds. The van der Waals surface area contributed by atoms with Crippen molar-refractivity contribution in [2.24, 2.45) is 0 Å². The van der Waals surface area contributed by atoms with E-state index in [9.17, 15) is 14.7 Å². The second kappa shape index (κ2) is 12.4. The summed E-state index contributed by atoms with van der Waals surface area (Å²) in [6.07, 6.45) is 3.04. The maximum absolute atomic E-state index is 15.4. The number of hydrogen-bond donors (Lipinski definition) is 3. The number of carbonyl (C=O) groups is 2. The molecule has 1 fully saturated rings. The fourth-order valence-corrected chi connectivity index (χ4v) is 5.26. The van der Waals surface area contributed by atoms with Crippen molar-refractivity contribution in [2.75, 3.05) is 32.2 Å². The van der Waals surface area contributed by atoms with Crippen LogP contribution in [0, 0.1) is 5.82 Å². The first-order chi connectivity index (χ1) is 19.8. The molecule has 1 saturated heterocycles. The number of nitrogens with one attached hydrogen (secondary N) is 2. The van der Waals surface area contributed by atoms with Crippen LogP contribution in [0.15, 0.2) is 42.6 Å². The third-order valence-electron chi connectivity index (χ3n) is 7.39. The molecule has 0 unspecified atom stereocenters. The predicted octanol–water partition coefficient (Wildman–Crippen LogP) is 3.73. The molecule has 5 rings (SSSR count). The molecule has 0 radical (unpaired) electrons. The standard InChI is InChI=1S/C29H31ClFN5O5/c1-16(17-4-3-5-20(10-17)40-2)33-27(38)25(15-37)36-14-22-21(28(36)39)11-18(12-24(22)31)26-23(30)13-32-29(35-26)34-19-6-8-41-9-7-19/h3-5,10-13,16,19,25,37H,6-9,14-15H2,1-2H3,(H,33,38)(H,32,34,35)/t16-,25-/m1/s1. The van der Waals surface area contributed by atoms with Gasteiger partial charge < -0.3 is 30.1 Å². The Morgan fingerprint density at radius 1 is 1.29 bits per heavy atom. The lowest BCUT2D eigenvalue weighted by Crippen LogP contribution is -2.49. The number of aromatic nitrogens is 2. The largest absolute Gasteiger partial charge is 0.497 e. The zero-order valence-electron chi connectivity index (χ0n) is 22.7. The third-order valence-corrected chi connectivity index (χ3v) is 7.67. The topological polar surface area (TPSA) is 126 Å². The fraction of sp³-hybridized carbons (Fsp3) is 0.379. The van der Waals surface area contributed by atoms with Crippen LogP contribution in [0.1, 0.15) is 47.3 Å². The predicted molar refractivity (Wildman–Crippen MR) is 150 cm³/mol. The van der Waals surface area contributed by atoms with Crippen LogP contribution >= 0.6 is 11.6 Å². The number of ether oxygens (including phenoxy) is 2. The Bertz CT molecular complexity index is 1450. The van der Waals surface area contributed by atoms with E-state index in [1.807, 2.05) is 6.07 Å². The highest BCUT2D eigenvalue weighted by Gasteiger charge is 2.38. The lowest BCUT2D eigenvalue weighted by Gasteiger charge is -2.27. The van der Waals surface area contributed by atoms with Gasteiger partial charge in [-0.3, -0.25) is 9.59 Å². The smallest absolute Gasteiger partial charge is 0.255 e. The second-order valence-corrected chi connectivity index (χ2v) is 10.5. The summed E-state index contributed by atoms with van der Waals surface area (Å²) in [5, 5.41) is 16.4. The molecule has 0 spiro atoms. The lowest BCUT2D eigenvalue weighted by atomic mass is 10.0. The Balaban J connectivity index is 1.35. The van der Waals surface area contributed by atoms with Gasteiger partial charge in [0, 0.05) is 35.9 Å². The van der Waals surface area contributed by atoms with Crippen molar-refractivity contribution in [3.63, 3.8) is 0 Å². The molecule has 3 N–H and O–H groups in total. The van der Waals surface area contributed by atoms with Crippen molar-refractivity contribution in [3.8, 4) is 17.0 Å². The zero-order valence-corrected chi connectivity index (χ0v) is 23.4. The Morgan fingerprint density at radius 2 is 2.07 bits per heavy atom. The number of hydrogen-bond acceptors (Lipinski definition) is 8. The van der Waals surface area contributed by atoms with Crippen molar-refractivity contribution in [1.82, 2.24) is 20.2 Å². The van der Waals surface area contributed by atoms with Gasteiger partial charge in [0.2, 0.25) is 11.9 Å². The van der Waals surface area contributed by atoms with Gasteiger partial charge in [0.1, 0.15) is 17.6 Å². The minimum atomic E-state index is -1.22. The number of halogens is 2. The van der Waals surface area contributed by atoms with E-state index in [1.54, 1.807) is 32.2 Å². The van der Waals surface area contributed by atoms with Gasteiger partial charge >= 0.3 is 0 Å². The lowest BCUT2D eigenvalue weighted by molar-refractivity contribution is -0.127. The van der Waals surface area contributed by atoms with E-state index in [0.717, 1.165) is 18.4 Å². The monoisotopic (exact) mass is 583 g/mol. The van der Waals surface area contributed by atoms with Crippen LogP contribution in [-0.2, 0) is 16.1 Å². The molecule has 216 valence electrons. The number of anilines is 1. The number of rotatable bonds is 9. The van der Waals surface area contributed by atoms with Crippen LogP contribution in [0.3, 0.4) is 0 Å². The highest BCUT2D eigenvalue weighted by Crippen LogP contribution is 2.34. The highest BCUT2D eigenvalue weighted by atomic mass is 35.5. The molecule has 2 aromatic carbocycles. The van der Waals surface area contributed by atoms with Crippen LogP contribution < -0.4 is 15.4 Å². The summed E-state index contributed by atoms with van der Waals surface area (Å²) >= 11 is 6.39. The summed E-state index contributed by atoms with van der Waals surface area (Å²) in [5.74, 6) is -0.799. The minimum Gasteiger partial charge on any atom is -0.497 e. The molecule has 0 aliphatic carbocycles.